The van der Waals surface area contributed by atoms with Crippen LogP contribution in [0.3, 0.4) is 0 Å². The third-order valence-electron chi connectivity index (χ3n) is 3.74. The fourth-order valence-corrected chi connectivity index (χ4v) is 3.18. The molecule has 140 valence electrons. The quantitative estimate of drug-likeness (QED) is 0.684. The van der Waals surface area contributed by atoms with Crippen LogP contribution in [-0.2, 0) is 11.3 Å². The number of hydrogen-bond donors (Lipinski definition) is 2. The highest BCUT2D eigenvalue weighted by Crippen LogP contribution is 2.25. The van der Waals surface area contributed by atoms with Crippen LogP contribution in [0.1, 0.15) is 43.0 Å². The lowest BCUT2D eigenvalue weighted by Crippen LogP contribution is -2.34. The van der Waals surface area contributed by atoms with E-state index in [2.05, 4.69) is 15.5 Å². The van der Waals surface area contributed by atoms with E-state index in [0.29, 0.717) is 17.5 Å². The molecule has 2 N–H and O–H groups in total. The van der Waals surface area contributed by atoms with Gasteiger partial charge in [-0.05, 0) is 25.0 Å². The van der Waals surface area contributed by atoms with Crippen molar-refractivity contribution in [1.82, 2.24) is 20.1 Å². The van der Waals surface area contributed by atoms with Crippen LogP contribution in [-0.4, -0.2) is 37.5 Å². The van der Waals surface area contributed by atoms with E-state index in [1.807, 2.05) is 20.8 Å². The van der Waals surface area contributed by atoms with Crippen LogP contribution < -0.4 is 5.32 Å². The van der Waals surface area contributed by atoms with Crippen LogP contribution in [0.25, 0.3) is 0 Å². The average molecular weight is 380 g/mol. The molecule has 1 atom stereocenters. The predicted octanol–water partition coefficient (Wildman–Crippen LogP) is 2.74. The van der Waals surface area contributed by atoms with Crippen molar-refractivity contribution < 1.29 is 19.1 Å². The highest BCUT2D eigenvalue weighted by Gasteiger charge is 2.26. The first-order valence-electron chi connectivity index (χ1n) is 8.18. The summed E-state index contributed by atoms with van der Waals surface area (Å²) in [6.07, 6.45) is 0. The van der Waals surface area contributed by atoms with Gasteiger partial charge in [0, 0.05) is 6.54 Å². The summed E-state index contributed by atoms with van der Waals surface area (Å²) < 4.78 is 15.6. The van der Waals surface area contributed by atoms with Gasteiger partial charge in [-0.25, -0.2) is 4.39 Å². The van der Waals surface area contributed by atoms with Gasteiger partial charge in [0.2, 0.25) is 0 Å². The van der Waals surface area contributed by atoms with Crippen molar-refractivity contribution in [2.75, 3.05) is 5.75 Å². The Morgan fingerprint density at radius 2 is 2.00 bits per heavy atom. The molecule has 1 amide bonds. The number of rotatable bonds is 8. The molecular weight excluding hydrogens is 359 g/mol. The number of benzene rings is 1. The molecule has 26 heavy (non-hydrogen) atoms. The van der Waals surface area contributed by atoms with Crippen LogP contribution in [0.4, 0.5) is 4.39 Å². The Balaban J connectivity index is 2.28. The topological polar surface area (TPSA) is 97.1 Å². The molecule has 7 nitrogen and oxygen atoms in total. The van der Waals surface area contributed by atoms with E-state index < -0.39 is 23.7 Å². The summed E-state index contributed by atoms with van der Waals surface area (Å²) in [7, 11) is 0. The van der Waals surface area contributed by atoms with Crippen LogP contribution >= 0.6 is 11.8 Å². The number of nitrogens with zero attached hydrogens (tertiary/aromatic N) is 3. The van der Waals surface area contributed by atoms with Crippen molar-refractivity contribution in [3.8, 4) is 0 Å². The van der Waals surface area contributed by atoms with Crippen LogP contribution in [0.15, 0.2) is 29.4 Å². The van der Waals surface area contributed by atoms with Gasteiger partial charge < -0.3 is 15.0 Å². The molecule has 1 aromatic heterocycles. The molecule has 0 aliphatic heterocycles. The van der Waals surface area contributed by atoms with Crippen molar-refractivity contribution in [2.24, 2.45) is 5.92 Å². The molecule has 0 fully saturated rings. The van der Waals surface area contributed by atoms with Gasteiger partial charge in [0.15, 0.2) is 11.0 Å². The summed E-state index contributed by atoms with van der Waals surface area (Å²) in [5.41, 5.74) is -0.0406. The lowest BCUT2D eigenvalue weighted by Gasteiger charge is -2.22. The van der Waals surface area contributed by atoms with Gasteiger partial charge in [-0.3, -0.25) is 9.59 Å². The van der Waals surface area contributed by atoms with E-state index in [1.165, 1.54) is 18.2 Å². The van der Waals surface area contributed by atoms with Crippen molar-refractivity contribution in [2.45, 2.75) is 38.5 Å². The minimum Gasteiger partial charge on any atom is -0.481 e. The Morgan fingerprint density at radius 3 is 2.58 bits per heavy atom. The first-order chi connectivity index (χ1) is 12.3. The maximum absolute atomic E-state index is 13.9. The number of aliphatic carboxylic acids is 1. The summed E-state index contributed by atoms with van der Waals surface area (Å²) in [5.74, 6) is -1.73. The number of carbonyl (C=O) groups is 2. The minimum absolute atomic E-state index is 0.0300. The van der Waals surface area contributed by atoms with Gasteiger partial charge in [0.1, 0.15) is 5.82 Å². The Kier molecular flexibility index (Phi) is 6.73. The summed E-state index contributed by atoms with van der Waals surface area (Å²) in [5, 5.41) is 20.3. The third kappa shape index (κ3) is 4.60. The molecule has 2 rings (SSSR count). The summed E-state index contributed by atoms with van der Waals surface area (Å²) in [6, 6.07) is 5.27. The molecular formula is C17H21FN4O3S. The summed E-state index contributed by atoms with van der Waals surface area (Å²) >= 11 is 1.06. The zero-order valence-electron chi connectivity index (χ0n) is 14.8. The van der Waals surface area contributed by atoms with Crippen LogP contribution in [0.2, 0.25) is 0 Å². The average Bonchev–Trinajstić information content (AvgIpc) is 3.00. The van der Waals surface area contributed by atoms with E-state index in [4.69, 9.17) is 5.11 Å². The van der Waals surface area contributed by atoms with Gasteiger partial charge in [-0.2, -0.15) is 0 Å². The molecule has 0 radical (unpaired) electrons. The van der Waals surface area contributed by atoms with Gasteiger partial charge in [-0.15, -0.1) is 10.2 Å². The maximum Gasteiger partial charge on any atom is 0.313 e. The number of carboxylic acid groups (broad SMARTS) is 1. The Hall–Kier alpha value is -2.42. The molecule has 0 bridgehead atoms. The molecule has 0 spiro atoms. The maximum atomic E-state index is 13.9. The Labute approximate surface area is 155 Å². The number of aromatic nitrogens is 3. The summed E-state index contributed by atoms with van der Waals surface area (Å²) in [6.45, 7) is 6.22. The largest absolute Gasteiger partial charge is 0.481 e. The molecule has 0 saturated heterocycles. The second-order valence-electron chi connectivity index (χ2n) is 5.94. The molecule has 2 aromatic rings. The second-order valence-corrected chi connectivity index (χ2v) is 6.88. The Bertz CT molecular complexity index is 794. The predicted molar refractivity (Wildman–Crippen MR) is 95.5 cm³/mol. The van der Waals surface area contributed by atoms with Crippen molar-refractivity contribution in [1.29, 1.82) is 0 Å². The van der Waals surface area contributed by atoms with Crippen molar-refractivity contribution in [3.05, 3.63) is 41.5 Å². The van der Waals surface area contributed by atoms with E-state index in [1.54, 1.807) is 10.6 Å². The molecule has 0 aliphatic carbocycles. The number of carbonyl (C=O) groups excluding carboxylic acids is 1. The molecule has 1 aromatic carbocycles. The van der Waals surface area contributed by atoms with Crippen molar-refractivity contribution >= 4 is 23.6 Å². The fourth-order valence-electron chi connectivity index (χ4n) is 2.45. The van der Waals surface area contributed by atoms with Crippen LogP contribution in [0, 0.1) is 11.7 Å². The second kappa shape index (κ2) is 8.79. The zero-order chi connectivity index (χ0) is 19.3. The highest BCUT2D eigenvalue weighted by atomic mass is 32.2. The first-order valence-corrected chi connectivity index (χ1v) is 9.16. The van der Waals surface area contributed by atoms with Gasteiger partial charge >= 0.3 is 5.97 Å². The standard InChI is InChI=1S/C17H21FN4O3S/c1-4-22-15(20-21-17(22)26-9-13(23)24)14(10(2)3)19-16(25)11-7-5-6-8-12(11)18/h5-8,10,14H,4,9H2,1-3H3,(H,19,25)(H,23,24)/t14-/m1/s1. The van der Waals surface area contributed by atoms with Gasteiger partial charge in [-0.1, -0.05) is 37.7 Å². The molecule has 1 heterocycles. The molecule has 0 aliphatic rings. The van der Waals surface area contributed by atoms with E-state index in [9.17, 15) is 14.0 Å². The molecule has 0 unspecified atom stereocenters. The first kappa shape index (κ1) is 19.9. The zero-order valence-corrected chi connectivity index (χ0v) is 15.6. The third-order valence-corrected chi connectivity index (χ3v) is 4.69. The highest BCUT2D eigenvalue weighted by molar-refractivity contribution is 7.99. The number of hydrogen-bond acceptors (Lipinski definition) is 5. The smallest absolute Gasteiger partial charge is 0.313 e. The number of thioether (sulfide) groups is 1. The minimum atomic E-state index is -0.949. The van der Waals surface area contributed by atoms with Crippen LogP contribution in [0.5, 0.6) is 0 Å². The van der Waals surface area contributed by atoms with Gasteiger partial charge in [0.25, 0.3) is 5.91 Å². The number of nitrogens with one attached hydrogen (secondary N) is 1. The van der Waals surface area contributed by atoms with Gasteiger partial charge in [0.05, 0.1) is 17.4 Å². The number of amides is 1. The van der Waals surface area contributed by atoms with E-state index in [0.717, 1.165) is 11.8 Å². The molecule has 9 heteroatoms. The number of halogens is 1. The lowest BCUT2D eigenvalue weighted by molar-refractivity contribution is -0.133. The fraction of sp³-hybridized carbons (Fsp3) is 0.412. The monoisotopic (exact) mass is 380 g/mol. The van der Waals surface area contributed by atoms with E-state index >= 15 is 0 Å². The summed E-state index contributed by atoms with van der Waals surface area (Å²) in [4.78, 5) is 23.3. The number of carboxylic acids is 1. The van der Waals surface area contributed by atoms with Crippen molar-refractivity contribution in [3.63, 3.8) is 0 Å². The van der Waals surface area contributed by atoms with E-state index in [-0.39, 0.29) is 17.2 Å². The Morgan fingerprint density at radius 1 is 1.31 bits per heavy atom. The SMILES string of the molecule is CCn1c(SCC(=O)O)nnc1[C@H](NC(=O)c1ccccc1F)C(C)C. The lowest BCUT2D eigenvalue weighted by atomic mass is 10.0. The normalized spacial score (nSPS) is 12.2. The molecule has 0 saturated carbocycles.